The van der Waals surface area contributed by atoms with Gasteiger partial charge in [0.05, 0.1) is 5.56 Å². The Bertz CT molecular complexity index is 385. The minimum Gasteiger partial charge on any atom is -0.352 e. The average Bonchev–Trinajstić information content (AvgIpc) is 2.32. The Morgan fingerprint density at radius 1 is 1.29 bits per heavy atom. The fraction of sp³-hybridized carbons (Fsp3) is 0.417. The molecular formula is C12H14Br2FNO. The van der Waals surface area contributed by atoms with Gasteiger partial charge in [-0.3, -0.25) is 4.79 Å². The molecular weight excluding hydrogens is 353 g/mol. The van der Waals surface area contributed by atoms with Crippen LogP contribution in [0.2, 0.25) is 0 Å². The van der Waals surface area contributed by atoms with Crippen LogP contribution in [0.3, 0.4) is 0 Å². The molecule has 0 saturated heterocycles. The maximum atomic E-state index is 13.0. The number of alkyl halides is 1. The van der Waals surface area contributed by atoms with Crippen LogP contribution in [0.15, 0.2) is 22.7 Å². The Hall–Kier alpha value is -0.420. The molecule has 5 heteroatoms. The van der Waals surface area contributed by atoms with Gasteiger partial charge in [-0.1, -0.05) is 22.4 Å². The first-order valence-electron chi connectivity index (χ1n) is 5.44. The molecule has 0 saturated carbocycles. The first kappa shape index (κ1) is 14.6. The summed E-state index contributed by atoms with van der Waals surface area (Å²) in [5, 5.41) is 3.76. The normalized spacial score (nSPS) is 10.3. The van der Waals surface area contributed by atoms with Crippen molar-refractivity contribution >= 4 is 37.8 Å². The SMILES string of the molecule is O=C(NCCCCCBr)c1cc(F)ccc1Br. The molecule has 0 aliphatic heterocycles. The summed E-state index contributed by atoms with van der Waals surface area (Å²) < 4.78 is 13.6. The lowest BCUT2D eigenvalue weighted by Gasteiger charge is -2.06. The Kier molecular flexibility index (Phi) is 6.73. The first-order chi connectivity index (χ1) is 8.15. The Morgan fingerprint density at radius 2 is 2.06 bits per heavy atom. The number of hydrogen-bond acceptors (Lipinski definition) is 1. The van der Waals surface area contributed by atoms with Crippen LogP contribution in [0.5, 0.6) is 0 Å². The number of rotatable bonds is 6. The van der Waals surface area contributed by atoms with E-state index in [0.29, 0.717) is 16.6 Å². The summed E-state index contributed by atoms with van der Waals surface area (Å²) >= 11 is 6.58. The fourth-order valence-corrected chi connectivity index (χ4v) is 2.19. The Balaban J connectivity index is 2.44. The number of carbonyl (C=O) groups excluding carboxylic acids is 1. The van der Waals surface area contributed by atoms with Crippen molar-refractivity contribution < 1.29 is 9.18 Å². The van der Waals surface area contributed by atoms with Crippen LogP contribution in [-0.2, 0) is 0 Å². The second kappa shape index (κ2) is 7.82. The smallest absolute Gasteiger partial charge is 0.252 e. The number of halogens is 3. The number of carbonyl (C=O) groups is 1. The molecule has 0 aliphatic carbocycles. The van der Waals surface area contributed by atoms with E-state index in [1.54, 1.807) is 0 Å². The highest BCUT2D eigenvalue weighted by molar-refractivity contribution is 9.10. The van der Waals surface area contributed by atoms with Gasteiger partial charge in [0.15, 0.2) is 0 Å². The molecule has 0 fully saturated rings. The zero-order valence-corrected chi connectivity index (χ0v) is 12.5. The lowest BCUT2D eigenvalue weighted by atomic mass is 10.2. The standard InChI is InChI=1S/C12H14Br2FNO/c13-6-2-1-3-7-16-12(17)10-8-9(15)4-5-11(10)14/h4-5,8H,1-3,6-7H2,(H,16,17). The molecule has 17 heavy (non-hydrogen) atoms. The predicted octanol–water partition coefficient (Wildman–Crippen LogP) is 3.88. The summed E-state index contributed by atoms with van der Waals surface area (Å²) in [5.74, 6) is -0.646. The molecule has 0 aromatic heterocycles. The zero-order chi connectivity index (χ0) is 12.7. The van der Waals surface area contributed by atoms with Crippen LogP contribution < -0.4 is 5.32 Å². The van der Waals surface area contributed by atoms with Crippen molar-refractivity contribution in [2.24, 2.45) is 0 Å². The number of unbranched alkanes of at least 4 members (excludes halogenated alkanes) is 2. The van der Waals surface area contributed by atoms with E-state index in [-0.39, 0.29) is 5.91 Å². The second-order valence-electron chi connectivity index (χ2n) is 3.63. The largest absolute Gasteiger partial charge is 0.352 e. The van der Waals surface area contributed by atoms with Crippen molar-refractivity contribution in [1.29, 1.82) is 0 Å². The number of benzene rings is 1. The van der Waals surface area contributed by atoms with Crippen molar-refractivity contribution in [1.82, 2.24) is 5.32 Å². The summed E-state index contributed by atoms with van der Waals surface area (Å²) in [7, 11) is 0. The molecule has 1 N–H and O–H groups in total. The molecule has 0 heterocycles. The van der Waals surface area contributed by atoms with Crippen LogP contribution >= 0.6 is 31.9 Å². The minimum absolute atomic E-state index is 0.241. The van der Waals surface area contributed by atoms with Gasteiger partial charge in [-0.2, -0.15) is 0 Å². The van der Waals surface area contributed by atoms with E-state index < -0.39 is 5.82 Å². The van der Waals surface area contributed by atoms with Gasteiger partial charge in [0.1, 0.15) is 5.82 Å². The Morgan fingerprint density at radius 3 is 2.76 bits per heavy atom. The zero-order valence-electron chi connectivity index (χ0n) is 9.31. The van der Waals surface area contributed by atoms with E-state index >= 15 is 0 Å². The highest BCUT2D eigenvalue weighted by atomic mass is 79.9. The summed E-state index contributed by atoms with van der Waals surface area (Å²) in [4.78, 5) is 11.7. The van der Waals surface area contributed by atoms with Crippen molar-refractivity contribution in [2.45, 2.75) is 19.3 Å². The van der Waals surface area contributed by atoms with Crippen LogP contribution in [0.25, 0.3) is 0 Å². The molecule has 0 bridgehead atoms. The second-order valence-corrected chi connectivity index (χ2v) is 5.28. The molecule has 0 atom stereocenters. The van der Waals surface area contributed by atoms with E-state index in [4.69, 9.17) is 0 Å². The van der Waals surface area contributed by atoms with E-state index in [1.807, 2.05) is 0 Å². The molecule has 0 radical (unpaired) electrons. The van der Waals surface area contributed by atoms with Gasteiger partial charge in [0.25, 0.3) is 5.91 Å². The van der Waals surface area contributed by atoms with Gasteiger partial charge < -0.3 is 5.32 Å². The summed E-state index contributed by atoms with van der Waals surface area (Å²) in [6.07, 6.45) is 3.10. The summed E-state index contributed by atoms with van der Waals surface area (Å²) in [6, 6.07) is 4.09. The van der Waals surface area contributed by atoms with E-state index in [2.05, 4.69) is 37.2 Å². The van der Waals surface area contributed by atoms with E-state index in [9.17, 15) is 9.18 Å². The topological polar surface area (TPSA) is 29.1 Å². The quantitative estimate of drug-likeness (QED) is 0.600. The van der Waals surface area contributed by atoms with Gasteiger partial charge in [-0.05, 0) is 47.0 Å². The molecule has 0 spiro atoms. The third kappa shape index (κ3) is 5.17. The fourth-order valence-electron chi connectivity index (χ4n) is 1.36. The van der Waals surface area contributed by atoms with Crippen LogP contribution in [0.1, 0.15) is 29.6 Å². The van der Waals surface area contributed by atoms with Crippen molar-refractivity contribution in [3.05, 3.63) is 34.1 Å². The number of amides is 1. The molecule has 2 nitrogen and oxygen atoms in total. The number of hydrogen-bond donors (Lipinski definition) is 1. The number of nitrogens with one attached hydrogen (secondary N) is 1. The van der Waals surface area contributed by atoms with Gasteiger partial charge in [0.2, 0.25) is 0 Å². The summed E-state index contributed by atoms with van der Waals surface area (Å²) in [5.41, 5.74) is 0.338. The third-order valence-electron chi connectivity index (χ3n) is 2.27. The molecule has 0 unspecified atom stereocenters. The highest BCUT2D eigenvalue weighted by Gasteiger charge is 2.10. The maximum absolute atomic E-state index is 13.0. The molecule has 1 aromatic carbocycles. The van der Waals surface area contributed by atoms with Crippen molar-refractivity contribution in [3.63, 3.8) is 0 Å². The van der Waals surface area contributed by atoms with Crippen LogP contribution in [0, 0.1) is 5.82 Å². The van der Waals surface area contributed by atoms with Gasteiger partial charge >= 0.3 is 0 Å². The van der Waals surface area contributed by atoms with Crippen LogP contribution in [-0.4, -0.2) is 17.8 Å². The monoisotopic (exact) mass is 365 g/mol. The first-order valence-corrected chi connectivity index (χ1v) is 7.36. The van der Waals surface area contributed by atoms with Crippen molar-refractivity contribution in [2.75, 3.05) is 11.9 Å². The van der Waals surface area contributed by atoms with Gasteiger partial charge in [-0.15, -0.1) is 0 Å². The lowest BCUT2D eigenvalue weighted by Crippen LogP contribution is -2.24. The predicted molar refractivity (Wildman–Crippen MR) is 74.1 cm³/mol. The lowest BCUT2D eigenvalue weighted by molar-refractivity contribution is 0.0951. The molecule has 94 valence electrons. The molecule has 1 aromatic rings. The van der Waals surface area contributed by atoms with E-state index in [0.717, 1.165) is 24.6 Å². The molecule has 1 rings (SSSR count). The Labute approximate surface area is 117 Å². The highest BCUT2D eigenvalue weighted by Crippen LogP contribution is 2.17. The third-order valence-corrected chi connectivity index (χ3v) is 3.52. The average molecular weight is 367 g/mol. The molecule has 0 aliphatic rings. The van der Waals surface area contributed by atoms with Crippen molar-refractivity contribution in [3.8, 4) is 0 Å². The van der Waals surface area contributed by atoms with Crippen LogP contribution in [0.4, 0.5) is 4.39 Å². The molecule has 1 amide bonds. The van der Waals surface area contributed by atoms with Gasteiger partial charge in [-0.25, -0.2) is 4.39 Å². The minimum atomic E-state index is -0.405. The maximum Gasteiger partial charge on any atom is 0.252 e. The van der Waals surface area contributed by atoms with E-state index in [1.165, 1.54) is 18.2 Å². The van der Waals surface area contributed by atoms with Gasteiger partial charge in [0, 0.05) is 16.3 Å². The summed E-state index contributed by atoms with van der Waals surface area (Å²) in [6.45, 7) is 0.620.